The third kappa shape index (κ3) is 2.05. The first-order valence-corrected chi connectivity index (χ1v) is 4.42. The van der Waals surface area contributed by atoms with Crippen LogP contribution in [0.25, 0.3) is 0 Å². The summed E-state index contributed by atoms with van der Waals surface area (Å²) in [5.74, 6) is 0. The highest BCUT2D eigenvalue weighted by Crippen LogP contribution is 2.16. The molecule has 0 aliphatic heterocycles. The first-order valence-electron chi connectivity index (χ1n) is 4.42. The minimum atomic E-state index is 0.108. The van der Waals surface area contributed by atoms with Crippen LogP contribution in [0.1, 0.15) is 37.1 Å². The van der Waals surface area contributed by atoms with E-state index in [-0.39, 0.29) is 6.04 Å². The number of rotatable bonds is 3. The topological polar surface area (TPSA) is 38.9 Å². The van der Waals surface area contributed by atoms with Gasteiger partial charge in [-0.3, -0.25) is 4.98 Å². The summed E-state index contributed by atoms with van der Waals surface area (Å²) in [5, 5.41) is 0. The van der Waals surface area contributed by atoms with Crippen molar-refractivity contribution in [1.82, 2.24) is 4.98 Å². The largest absolute Gasteiger partial charge is 0.323 e. The number of aromatic nitrogens is 1. The van der Waals surface area contributed by atoms with Crippen molar-refractivity contribution in [3.05, 3.63) is 29.6 Å². The van der Waals surface area contributed by atoms with E-state index in [1.54, 1.807) is 6.20 Å². The van der Waals surface area contributed by atoms with Crippen LogP contribution in [0.2, 0.25) is 0 Å². The maximum absolute atomic E-state index is 5.94. The zero-order valence-electron chi connectivity index (χ0n) is 7.75. The van der Waals surface area contributed by atoms with E-state index in [9.17, 15) is 0 Å². The lowest BCUT2D eigenvalue weighted by Gasteiger charge is -2.11. The molecule has 0 bridgehead atoms. The minimum Gasteiger partial charge on any atom is -0.323 e. The number of nitrogens with two attached hydrogens (primary N) is 1. The number of hydrogen-bond acceptors (Lipinski definition) is 2. The Morgan fingerprint density at radius 3 is 2.92 bits per heavy atom. The molecular weight excluding hydrogens is 148 g/mol. The van der Waals surface area contributed by atoms with E-state index in [1.807, 2.05) is 6.07 Å². The summed E-state index contributed by atoms with van der Waals surface area (Å²) in [7, 11) is 0. The quantitative estimate of drug-likeness (QED) is 0.743. The van der Waals surface area contributed by atoms with Gasteiger partial charge in [0.15, 0.2) is 0 Å². The highest BCUT2D eigenvalue weighted by atomic mass is 14.8. The molecule has 0 spiro atoms. The van der Waals surface area contributed by atoms with Crippen LogP contribution in [0.5, 0.6) is 0 Å². The maximum Gasteiger partial charge on any atom is 0.0600 e. The Bertz CT molecular complexity index is 245. The van der Waals surface area contributed by atoms with Crippen molar-refractivity contribution in [2.24, 2.45) is 5.73 Å². The van der Waals surface area contributed by atoms with Gasteiger partial charge in [0, 0.05) is 12.2 Å². The zero-order valence-corrected chi connectivity index (χ0v) is 7.75. The van der Waals surface area contributed by atoms with Gasteiger partial charge in [0.05, 0.1) is 5.69 Å². The first kappa shape index (κ1) is 9.20. The molecule has 1 atom stereocenters. The second-order valence-corrected chi connectivity index (χ2v) is 3.10. The monoisotopic (exact) mass is 164 g/mol. The Kier molecular flexibility index (Phi) is 3.23. The molecule has 12 heavy (non-hydrogen) atoms. The van der Waals surface area contributed by atoms with Crippen molar-refractivity contribution in [2.45, 2.75) is 32.7 Å². The molecule has 1 rings (SSSR count). The van der Waals surface area contributed by atoms with Gasteiger partial charge >= 0.3 is 0 Å². The molecule has 2 heteroatoms. The summed E-state index contributed by atoms with van der Waals surface area (Å²) in [6.45, 7) is 4.19. The molecule has 0 fully saturated rings. The van der Waals surface area contributed by atoms with Gasteiger partial charge in [-0.05, 0) is 25.0 Å². The fourth-order valence-electron chi connectivity index (χ4n) is 1.33. The second kappa shape index (κ2) is 4.21. The molecule has 0 aliphatic rings. The SMILES string of the molecule is CCCC(N)c1ncccc1C. The molecule has 0 aromatic carbocycles. The lowest BCUT2D eigenvalue weighted by Crippen LogP contribution is -2.12. The van der Waals surface area contributed by atoms with Gasteiger partial charge in [-0.1, -0.05) is 19.4 Å². The summed E-state index contributed by atoms with van der Waals surface area (Å²) < 4.78 is 0. The smallest absolute Gasteiger partial charge is 0.0600 e. The minimum absolute atomic E-state index is 0.108. The molecule has 1 unspecified atom stereocenters. The molecule has 0 saturated heterocycles. The van der Waals surface area contributed by atoms with E-state index >= 15 is 0 Å². The Morgan fingerprint density at radius 1 is 1.58 bits per heavy atom. The number of pyridine rings is 1. The summed E-state index contributed by atoms with van der Waals surface area (Å²) in [5.41, 5.74) is 8.18. The fraction of sp³-hybridized carbons (Fsp3) is 0.500. The Labute approximate surface area is 73.8 Å². The summed E-state index contributed by atoms with van der Waals surface area (Å²) >= 11 is 0. The van der Waals surface area contributed by atoms with Crippen LogP contribution < -0.4 is 5.73 Å². The van der Waals surface area contributed by atoms with Crippen molar-refractivity contribution in [3.63, 3.8) is 0 Å². The van der Waals surface area contributed by atoms with Crippen molar-refractivity contribution >= 4 is 0 Å². The standard InChI is InChI=1S/C10H16N2/c1-3-5-9(11)10-8(2)6-4-7-12-10/h4,6-7,9H,3,5,11H2,1-2H3. The molecule has 0 saturated carbocycles. The van der Waals surface area contributed by atoms with Crippen LogP contribution in [0.3, 0.4) is 0 Å². The van der Waals surface area contributed by atoms with Crippen LogP contribution in [0.4, 0.5) is 0 Å². The highest BCUT2D eigenvalue weighted by molar-refractivity contribution is 5.20. The molecule has 1 aromatic rings. The normalized spacial score (nSPS) is 12.9. The van der Waals surface area contributed by atoms with E-state index in [4.69, 9.17) is 5.73 Å². The van der Waals surface area contributed by atoms with Crippen LogP contribution in [-0.2, 0) is 0 Å². The molecule has 2 nitrogen and oxygen atoms in total. The third-order valence-electron chi connectivity index (χ3n) is 2.00. The number of hydrogen-bond donors (Lipinski definition) is 1. The van der Waals surface area contributed by atoms with Crippen LogP contribution in [-0.4, -0.2) is 4.98 Å². The number of aryl methyl sites for hydroxylation is 1. The molecule has 2 N–H and O–H groups in total. The molecule has 1 heterocycles. The van der Waals surface area contributed by atoms with Crippen LogP contribution >= 0.6 is 0 Å². The summed E-state index contributed by atoms with van der Waals surface area (Å²) in [4.78, 5) is 4.27. The van der Waals surface area contributed by atoms with Gasteiger partial charge in [-0.15, -0.1) is 0 Å². The zero-order chi connectivity index (χ0) is 8.97. The molecule has 0 aliphatic carbocycles. The molecule has 0 radical (unpaired) electrons. The van der Waals surface area contributed by atoms with Gasteiger partial charge in [0.2, 0.25) is 0 Å². The van der Waals surface area contributed by atoms with Gasteiger partial charge in [0.25, 0.3) is 0 Å². The third-order valence-corrected chi connectivity index (χ3v) is 2.00. The van der Waals surface area contributed by atoms with E-state index < -0.39 is 0 Å². The molecule has 1 aromatic heterocycles. The highest BCUT2D eigenvalue weighted by Gasteiger charge is 2.07. The Morgan fingerprint density at radius 2 is 2.33 bits per heavy atom. The summed E-state index contributed by atoms with van der Waals surface area (Å²) in [6.07, 6.45) is 3.92. The molecular formula is C10H16N2. The van der Waals surface area contributed by atoms with Gasteiger partial charge in [-0.25, -0.2) is 0 Å². The Hall–Kier alpha value is -0.890. The first-order chi connectivity index (χ1) is 5.75. The predicted molar refractivity (Wildman–Crippen MR) is 50.8 cm³/mol. The van der Waals surface area contributed by atoms with Crippen molar-refractivity contribution in [2.75, 3.05) is 0 Å². The second-order valence-electron chi connectivity index (χ2n) is 3.10. The van der Waals surface area contributed by atoms with Gasteiger partial charge in [0.1, 0.15) is 0 Å². The van der Waals surface area contributed by atoms with Crippen molar-refractivity contribution in [1.29, 1.82) is 0 Å². The van der Waals surface area contributed by atoms with Crippen LogP contribution in [0.15, 0.2) is 18.3 Å². The average Bonchev–Trinajstić information content (AvgIpc) is 2.05. The van der Waals surface area contributed by atoms with Crippen molar-refractivity contribution in [3.8, 4) is 0 Å². The molecule has 0 amide bonds. The van der Waals surface area contributed by atoms with Gasteiger partial charge in [-0.2, -0.15) is 0 Å². The van der Waals surface area contributed by atoms with E-state index in [1.165, 1.54) is 5.56 Å². The lowest BCUT2D eigenvalue weighted by molar-refractivity contribution is 0.618. The number of nitrogens with zero attached hydrogens (tertiary/aromatic N) is 1. The maximum atomic E-state index is 5.94. The van der Waals surface area contributed by atoms with Gasteiger partial charge < -0.3 is 5.73 Å². The van der Waals surface area contributed by atoms with E-state index in [0.29, 0.717) is 0 Å². The predicted octanol–water partition coefficient (Wildman–Crippen LogP) is 2.19. The molecule has 66 valence electrons. The van der Waals surface area contributed by atoms with Crippen LogP contribution in [0, 0.1) is 6.92 Å². The van der Waals surface area contributed by atoms with E-state index in [0.717, 1.165) is 18.5 Å². The lowest BCUT2D eigenvalue weighted by atomic mass is 10.1. The Balaban J connectivity index is 2.79. The fourth-order valence-corrected chi connectivity index (χ4v) is 1.33. The van der Waals surface area contributed by atoms with Crippen molar-refractivity contribution < 1.29 is 0 Å². The average molecular weight is 164 g/mol. The summed E-state index contributed by atoms with van der Waals surface area (Å²) in [6, 6.07) is 4.10. The van der Waals surface area contributed by atoms with E-state index in [2.05, 4.69) is 24.9 Å².